The van der Waals surface area contributed by atoms with Crippen LogP contribution in [-0.4, -0.2) is 119 Å². The van der Waals surface area contributed by atoms with Crippen molar-refractivity contribution in [2.45, 2.75) is 62.3 Å². The monoisotopic (exact) mass is 802 g/mol. The number of aliphatic hydroxyl groups is 1. The van der Waals surface area contributed by atoms with E-state index in [2.05, 4.69) is 41.2 Å². The summed E-state index contributed by atoms with van der Waals surface area (Å²) in [5, 5.41) is 41.6. The first-order valence-corrected chi connectivity index (χ1v) is 17.9. The fourth-order valence-corrected chi connectivity index (χ4v) is 6.39. The number of phenolic OH excluding ortho intramolecular Hbond substituents is 1. The zero-order chi connectivity index (χ0) is 41.9. The maximum Gasteiger partial charge on any atom is 0.310 e. The number of likely N-dealkylation sites (tertiary alicyclic amines) is 1. The number of aliphatic hydroxyl groups excluding tert-OH is 1. The lowest BCUT2D eigenvalue weighted by Gasteiger charge is -2.30. The van der Waals surface area contributed by atoms with Crippen LogP contribution in [0.25, 0.3) is 0 Å². The first-order valence-electron chi connectivity index (χ1n) is 17.9. The van der Waals surface area contributed by atoms with Crippen LogP contribution in [0.3, 0.4) is 0 Å². The van der Waals surface area contributed by atoms with Crippen molar-refractivity contribution in [3.63, 3.8) is 0 Å². The molecular formula is C36H42N12O10. The van der Waals surface area contributed by atoms with Crippen molar-refractivity contribution in [1.82, 2.24) is 46.1 Å². The number of phenols is 1. The van der Waals surface area contributed by atoms with Gasteiger partial charge in [-0.1, -0.05) is 18.2 Å². The van der Waals surface area contributed by atoms with Gasteiger partial charge in [0.25, 0.3) is 5.91 Å². The van der Waals surface area contributed by atoms with Crippen molar-refractivity contribution in [3.05, 3.63) is 100 Å². The highest BCUT2D eigenvalue weighted by molar-refractivity contribution is 6.02. The summed E-state index contributed by atoms with van der Waals surface area (Å²) in [5.41, 5.74) is 12.3. The van der Waals surface area contributed by atoms with Crippen LogP contribution in [0.2, 0.25) is 0 Å². The Hall–Kier alpha value is -7.36. The van der Waals surface area contributed by atoms with Gasteiger partial charge in [0.15, 0.2) is 5.75 Å². The number of nitrogens with zero attached hydrogens (tertiary/aromatic N) is 4. The number of para-hydroxylation sites is 1. The molecule has 3 heterocycles. The van der Waals surface area contributed by atoms with E-state index in [9.17, 15) is 49.1 Å². The molecule has 0 saturated carbocycles. The number of aromatic hydroxyl groups is 1. The Labute approximate surface area is 329 Å². The number of amides is 6. The molecule has 58 heavy (non-hydrogen) atoms. The first-order chi connectivity index (χ1) is 27.7. The number of hydrogen-bond donors (Lipinski definition) is 10. The molecule has 5 atom stereocenters. The van der Waals surface area contributed by atoms with E-state index in [-0.39, 0.29) is 49.0 Å². The van der Waals surface area contributed by atoms with E-state index in [0.717, 1.165) is 12.1 Å². The van der Waals surface area contributed by atoms with E-state index < -0.39 is 88.6 Å². The number of hydrogen-bond acceptors (Lipinski definition) is 13. The number of H-pyrrole nitrogens is 2. The van der Waals surface area contributed by atoms with Gasteiger partial charge in [-0.3, -0.25) is 38.9 Å². The minimum atomic E-state index is -1.54. The summed E-state index contributed by atoms with van der Waals surface area (Å²) < 4.78 is 0. The topological polar surface area (TPSA) is 347 Å². The van der Waals surface area contributed by atoms with Gasteiger partial charge >= 0.3 is 5.69 Å². The number of carbonyl (C=O) groups is 6. The number of aromatic nitrogens is 4. The molecule has 2 aromatic carbocycles. The van der Waals surface area contributed by atoms with Gasteiger partial charge in [0, 0.05) is 61.3 Å². The Morgan fingerprint density at radius 2 is 1.50 bits per heavy atom. The molecule has 306 valence electrons. The highest BCUT2D eigenvalue weighted by atomic mass is 16.6. The minimum absolute atomic E-state index is 0.0603. The molecule has 0 unspecified atom stereocenters. The number of nitrogen functional groups attached to an aromatic ring is 1. The molecule has 12 N–H and O–H groups in total. The second-order valence-corrected chi connectivity index (χ2v) is 13.4. The van der Waals surface area contributed by atoms with Crippen molar-refractivity contribution in [2.24, 2.45) is 5.73 Å². The molecule has 2 aromatic heterocycles. The Morgan fingerprint density at radius 1 is 0.879 bits per heavy atom. The van der Waals surface area contributed by atoms with Gasteiger partial charge in [0.1, 0.15) is 30.2 Å². The quantitative estimate of drug-likeness (QED) is 0.0298. The number of nitrogens with one attached hydrogen (secondary N) is 6. The van der Waals surface area contributed by atoms with E-state index in [1.807, 2.05) is 0 Å². The van der Waals surface area contributed by atoms with E-state index in [4.69, 9.17) is 11.5 Å². The number of aromatic amines is 2. The Bertz CT molecular complexity index is 2130. The first kappa shape index (κ1) is 41.8. The van der Waals surface area contributed by atoms with Crippen LogP contribution < -0.4 is 32.7 Å². The third-order valence-corrected chi connectivity index (χ3v) is 9.39. The average molecular weight is 803 g/mol. The van der Waals surface area contributed by atoms with Gasteiger partial charge < -0.3 is 57.8 Å². The number of anilines is 1. The zero-order valence-corrected chi connectivity index (χ0v) is 30.8. The highest BCUT2D eigenvalue weighted by Crippen LogP contribution is 2.27. The number of nitro benzene ring substituents is 1. The van der Waals surface area contributed by atoms with Crippen LogP contribution in [0.5, 0.6) is 5.75 Å². The normalized spacial score (nSPS) is 15.7. The Kier molecular flexibility index (Phi) is 13.7. The zero-order valence-electron chi connectivity index (χ0n) is 30.8. The van der Waals surface area contributed by atoms with Gasteiger partial charge in [-0.2, -0.15) is 0 Å². The summed E-state index contributed by atoms with van der Waals surface area (Å²) in [4.78, 5) is 106. The molecule has 0 radical (unpaired) electrons. The molecule has 1 aliphatic heterocycles. The summed E-state index contributed by atoms with van der Waals surface area (Å²) in [6.07, 6.45) is 5.58. The second-order valence-electron chi connectivity index (χ2n) is 13.4. The predicted octanol–water partition coefficient (Wildman–Crippen LogP) is -1.92. The number of nitrogens with two attached hydrogens (primary N) is 2. The van der Waals surface area contributed by atoms with E-state index in [1.165, 1.54) is 48.1 Å². The largest absolute Gasteiger partial charge is 0.502 e. The highest BCUT2D eigenvalue weighted by Gasteiger charge is 2.40. The van der Waals surface area contributed by atoms with Crippen molar-refractivity contribution < 1.29 is 43.9 Å². The standard InChI is InChI=1S/C36H42N12O10/c37-23-5-2-1-4-22(23)32(52)44-25(12-20-14-39-17-41-20)34(54)46-27(16-49)36(56)47-9-3-6-28(47)35(55)45-26(13-21-15-40-18-42-21)33(53)43-24(31(38)51)10-19-7-8-30(50)29(11-19)48(57)58/h1-2,4-5,7-8,11,14-15,17-18,24-28,49-50H,3,6,9-10,12-13,16,37H2,(H2,38,51)(H,39,41)(H,40,42)(H,43,53)(H,44,52)(H,45,55)(H,46,54)/t24-,25-,26-,27-,28-/m0/s1. The summed E-state index contributed by atoms with van der Waals surface area (Å²) in [6, 6.07) is 2.92. The minimum Gasteiger partial charge on any atom is -0.502 e. The fourth-order valence-electron chi connectivity index (χ4n) is 6.39. The summed E-state index contributed by atoms with van der Waals surface area (Å²) in [5.74, 6) is -5.51. The molecule has 22 nitrogen and oxygen atoms in total. The summed E-state index contributed by atoms with van der Waals surface area (Å²) in [6.45, 7) is -0.805. The van der Waals surface area contributed by atoms with Crippen LogP contribution in [0.4, 0.5) is 11.4 Å². The van der Waals surface area contributed by atoms with Crippen LogP contribution >= 0.6 is 0 Å². The van der Waals surface area contributed by atoms with Gasteiger partial charge in [-0.15, -0.1) is 0 Å². The van der Waals surface area contributed by atoms with Crippen molar-refractivity contribution in [2.75, 3.05) is 18.9 Å². The average Bonchev–Trinajstić information content (AvgIpc) is 4.01. The lowest BCUT2D eigenvalue weighted by atomic mass is 10.0. The van der Waals surface area contributed by atoms with E-state index >= 15 is 0 Å². The molecule has 0 aliphatic carbocycles. The molecule has 22 heteroatoms. The Morgan fingerprint density at radius 3 is 2.07 bits per heavy atom. The third kappa shape index (κ3) is 10.5. The molecular weight excluding hydrogens is 760 g/mol. The maximum absolute atomic E-state index is 13.9. The molecule has 1 saturated heterocycles. The maximum atomic E-state index is 13.9. The molecule has 5 rings (SSSR count). The number of benzene rings is 2. The summed E-state index contributed by atoms with van der Waals surface area (Å²) >= 11 is 0. The number of primary amides is 1. The molecule has 1 fully saturated rings. The smallest absolute Gasteiger partial charge is 0.310 e. The van der Waals surface area contributed by atoms with Crippen molar-refractivity contribution in [3.8, 4) is 5.75 Å². The number of imidazole rings is 2. The van der Waals surface area contributed by atoms with Crippen LogP contribution in [-0.2, 0) is 43.2 Å². The van der Waals surface area contributed by atoms with Crippen LogP contribution in [0, 0.1) is 10.1 Å². The predicted molar refractivity (Wildman–Crippen MR) is 202 cm³/mol. The second kappa shape index (κ2) is 19.0. The molecule has 4 aromatic rings. The lowest BCUT2D eigenvalue weighted by molar-refractivity contribution is -0.385. The number of rotatable bonds is 18. The molecule has 1 aliphatic rings. The van der Waals surface area contributed by atoms with Gasteiger partial charge in [-0.05, 0) is 36.6 Å². The number of nitro groups is 1. The van der Waals surface area contributed by atoms with Crippen molar-refractivity contribution in [1.29, 1.82) is 0 Å². The van der Waals surface area contributed by atoms with Gasteiger partial charge in [0.2, 0.25) is 29.5 Å². The lowest BCUT2D eigenvalue weighted by Crippen LogP contribution is -2.60. The number of carbonyl (C=O) groups excluding carboxylic acids is 6. The van der Waals surface area contributed by atoms with E-state index in [0.29, 0.717) is 17.8 Å². The van der Waals surface area contributed by atoms with Crippen molar-refractivity contribution >= 4 is 46.8 Å². The SMILES string of the molecule is NC(=O)[C@H](Cc1ccc(O)c([N+](=O)[O-])c1)NC(=O)[C@H](Cc1cnc[nH]1)NC(=O)[C@@H]1CCCN1C(=O)[C@H](CO)NC(=O)[C@H](Cc1cnc[nH]1)NC(=O)c1ccccc1N. The summed E-state index contributed by atoms with van der Waals surface area (Å²) in [7, 11) is 0. The molecule has 6 amide bonds. The van der Waals surface area contributed by atoms with Crippen LogP contribution in [0.1, 0.15) is 40.2 Å². The van der Waals surface area contributed by atoms with E-state index in [1.54, 1.807) is 12.1 Å². The Balaban J connectivity index is 1.29. The molecule has 0 bridgehead atoms. The fraction of sp³-hybridized carbons (Fsp3) is 0.333. The van der Waals surface area contributed by atoms with Crippen LogP contribution in [0.15, 0.2) is 67.5 Å². The van der Waals surface area contributed by atoms with Gasteiger partial charge in [0.05, 0.1) is 29.7 Å². The van der Waals surface area contributed by atoms with Gasteiger partial charge in [-0.25, -0.2) is 9.97 Å². The molecule has 0 spiro atoms. The third-order valence-electron chi connectivity index (χ3n) is 9.39.